The molecule has 7 aliphatic rings. The minimum atomic E-state index is -3.08. The molecule has 1 amide bonds. The third-order valence-electron chi connectivity index (χ3n) is 19.9. The van der Waals surface area contributed by atoms with E-state index in [1.165, 1.54) is 18.4 Å². The van der Waals surface area contributed by atoms with Gasteiger partial charge in [0.25, 0.3) is 0 Å². The molecule has 0 radical (unpaired) electrons. The summed E-state index contributed by atoms with van der Waals surface area (Å²) in [4.78, 5) is 40.9. The Balaban J connectivity index is 1.11. The fraction of sp³-hybridized carbons (Fsp3) is 0.900. The molecule has 12 heteroatoms. The van der Waals surface area contributed by atoms with Crippen LogP contribution in [0, 0.1) is 68.5 Å². The number of ether oxygens (including phenoxy) is 2. The van der Waals surface area contributed by atoms with Crippen LogP contribution in [-0.2, 0) is 28.9 Å². The third kappa shape index (κ3) is 7.89. The zero-order valence-corrected chi connectivity index (χ0v) is 41.3. The van der Waals surface area contributed by atoms with Crippen molar-refractivity contribution in [1.29, 1.82) is 0 Å². The molecular formula is C50H83N3O8S. The SMILES string of the molecule is C=C(C)[C@@H]1CC[C@]2(NC[C@H]([C@@H](C)NC(=O)OC(C)(C)C)N3CCS(=O)(=O)CC3)CC[C@]3(C)[C@H](CC[C@@H]4[C@@]5(C)CC[C@H](OC(=O)[C@H]6C[C@@H](C(=O)O)C6(C)C)C(C)(C)[C@@H]5CC[C@]43C)[C@@H]12. The largest absolute Gasteiger partial charge is 0.481 e. The standard InChI is InChI=1S/C50H83N3O8S/c1-30(2)32-16-21-50(51-29-36(53-24-26-62(58,59)27-25-53)31(3)52-43(57)61-44(4,5)6)23-22-48(12)33(40(32)50)14-15-38-47(11)19-18-39(46(9,10)37(47)17-20-49(38,48)13)60-42(56)35-28-34(41(54)55)45(35,7)8/h31-40,51H,1,14-29H2,2-13H3,(H,52,57)(H,54,55)/t31-,32+,33-,34+,35-,36-,37+,38-,39+,40-,47+,48-,49-,50+/m1/s1. The highest BCUT2D eigenvalue weighted by atomic mass is 32.2. The van der Waals surface area contributed by atoms with Gasteiger partial charge in [0.2, 0.25) is 0 Å². The van der Waals surface area contributed by atoms with Crippen LogP contribution in [0.1, 0.15) is 154 Å². The van der Waals surface area contributed by atoms with E-state index in [1.54, 1.807) is 0 Å². The summed E-state index contributed by atoms with van der Waals surface area (Å²) in [5.74, 6) is 0.675. The Hall–Kier alpha value is -2.18. The number of sulfone groups is 1. The number of aliphatic carboxylic acids is 1. The molecule has 11 nitrogen and oxygen atoms in total. The second kappa shape index (κ2) is 16.0. The third-order valence-corrected chi connectivity index (χ3v) is 21.6. The van der Waals surface area contributed by atoms with E-state index in [0.717, 1.165) is 51.4 Å². The molecule has 6 aliphatic carbocycles. The van der Waals surface area contributed by atoms with Crippen LogP contribution < -0.4 is 10.6 Å². The number of hydrogen-bond acceptors (Lipinski definition) is 9. The first-order valence-corrected chi connectivity index (χ1v) is 26.1. The van der Waals surface area contributed by atoms with Gasteiger partial charge in [0.15, 0.2) is 9.84 Å². The van der Waals surface area contributed by atoms with E-state index in [2.05, 4.69) is 63.7 Å². The molecule has 0 spiro atoms. The van der Waals surface area contributed by atoms with Crippen LogP contribution in [0.15, 0.2) is 12.2 Å². The van der Waals surface area contributed by atoms with E-state index in [4.69, 9.17) is 9.47 Å². The molecule has 0 unspecified atom stereocenters. The number of allylic oxidation sites excluding steroid dienone is 1. The molecule has 1 saturated heterocycles. The molecule has 0 bridgehead atoms. The van der Waals surface area contributed by atoms with Crippen molar-refractivity contribution < 1.29 is 37.4 Å². The number of nitrogens with one attached hydrogen (secondary N) is 2. The van der Waals surface area contributed by atoms with E-state index >= 15 is 0 Å². The second-order valence-corrected chi connectivity index (χ2v) is 27.0. The lowest BCUT2D eigenvalue weighted by Gasteiger charge is -2.73. The Morgan fingerprint density at radius 2 is 1.50 bits per heavy atom. The van der Waals surface area contributed by atoms with E-state index in [-0.39, 0.29) is 68.8 Å². The maximum atomic E-state index is 13.7. The molecular weight excluding hydrogens is 803 g/mol. The molecule has 352 valence electrons. The zero-order chi connectivity index (χ0) is 45.8. The summed E-state index contributed by atoms with van der Waals surface area (Å²) in [5, 5.41) is 17.1. The van der Waals surface area contributed by atoms with Gasteiger partial charge in [-0.1, -0.05) is 60.6 Å². The van der Waals surface area contributed by atoms with Gasteiger partial charge in [-0.25, -0.2) is 13.2 Å². The van der Waals surface area contributed by atoms with Crippen LogP contribution in [0.4, 0.5) is 4.79 Å². The number of alkyl carbamates (subject to hydrolysis) is 1. The smallest absolute Gasteiger partial charge is 0.407 e. The van der Waals surface area contributed by atoms with E-state index in [9.17, 15) is 27.9 Å². The first kappa shape index (κ1) is 47.8. The van der Waals surface area contributed by atoms with Gasteiger partial charge in [-0.2, -0.15) is 0 Å². The maximum absolute atomic E-state index is 13.7. The van der Waals surface area contributed by atoms with Gasteiger partial charge >= 0.3 is 18.0 Å². The van der Waals surface area contributed by atoms with Gasteiger partial charge in [-0.05, 0) is 156 Å². The average molecular weight is 886 g/mol. The van der Waals surface area contributed by atoms with Crippen LogP contribution >= 0.6 is 0 Å². The minimum Gasteiger partial charge on any atom is -0.481 e. The average Bonchev–Trinajstić information content (AvgIpc) is 3.52. The molecule has 0 aromatic rings. The first-order valence-electron chi connectivity index (χ1n) is 24.3. The van der Waals surface area contributed by atoms with E-state index in [1.807, 2.05) is 41.5 Å². The topological polar surface area (TPSA) is 151 Å². The van der Waals surface area contributed by atoms with Crippen molar-refractivity contribution in [3.05, 3.63) is 12.2 Å². The molecule has 3 N–H and O–H groups in total. The number of carbonyl (C=O) groups is 3. The van der Waals surface area contributed by atoms with Crippen LogP contribution in [0.2, 0.25) is 0 Å². The molecule has 7 rings (SSSR count). The maximum Gasteiger partial charge on any atom is 0.407 e. The van der Waals surface area contributed by atoms with E-state index in [0.29, 0.717) is 55.6 Å². The summed E-state index contributed by atoms with van der Waals surface area (Å²) in [6, 6.07) is -0.365. The molecule has 0 aromatic carbocycles. The van der Waals surface area contributed by atoms with Gasteiger partial charge in [-0.15, -0.1) is 0 Å². The molecule has 1 aliphatic heterocycles. The number of hydrogen-bond donors (Lipinski definition) is 3. The van der Waals surface area contributed by atoms with Gasteiger partial charge < -0.3 is 25.2 Å². The van der Waals surface area contributed by atoms with Crippen molar-refractivity contribution in [2.75, 3.05) is 31.1 Å². The van der Waals surface area contributed by atoms with Crippen molar-refractivity contribution in [1.82, 2.24) is 15.5 Å². The van der Waals surface area contributed by atoms with Crippen molar-refractivity contribution in [3.8, 4) is 0 Å². The molecule has 6 saturated carbocycles. The normalized spacial score (nSPS) is 42.9. The summed E-state index contributed by atoms with van der Waals surface area (Å²) in [6.07, 6.45) is 10.7. The summed E-state index contributed by atoms with van der Waals surface area (Å²) >= 11 is 0. The summed E-state index contributed by atoms with van der Waals surface area (Å²) in [5.41, 5.74) is 0.159. The predicted molar refractivity (Wildman–Crippen MR) is 243 cm³/mol. The number of carboxylic acids is 1. The lowest BCUT2D eigenvalue weighted by molar-refractivity contribution is -0.248. The zero-order valence-electron chi connectivity index (χ0n) is 40.5. The lowest BCUT2D eigenvalue weighted by Crippen LogP contribution is -2.69. The van der Waals surface area contributed by atoms with Crippen LogP contribution in [0.3, 0.4) is 0 Å². The summed E-state index contributed by atoms with van der Waals surface area (Å²) in [6.45, 7) is 32.4. The van der Waals surface area contributed by atoms with Gasteiger partial charge in [0.1, 0.15) is 11.7 Å². The summed E-state index contributed by atoms with van der Waals surface area (Å²) < 4.78 is 37.3. The van der Waals surface area contributed by atoms with Crippen molar-refractivity contribution in [3.63, 3.8) is 0 Å². The second-order valence-electron chi connectivity index (χ2n) is 24.7. The fourth-order valence-electron chi connectivity index (χ4n) is 16.2. The Morgan fingerprint density at radius 3 is 2.10 bits per heavy atom. The molecule has 1 heterocycles. The van der Waals surface area contributed by atoms with Crippen LogP contribution in [-0.4, -0.2) is 96.9 Å². The van der Waals surface area contributed by atoms with E-state index < -0.39 is 38.8 Å². The molecule has 14 atom stereocenters. The van der Waals surface area contributed by atoms with Crippen molar-refractivity contribution in [2.45, 2.75) is 183 Å². The van der Waals surface area contributed by atoms with Crippen LogP contribution in [0.25, 0.3) is 0 Å². The summed E-state index contributed by atoms with van der Waals surface area (Å²) in [7, 11) is -3.08. The monoisotopic (exact) mass is 886 g/mol. The number of nitrogens with zero attached hydrogens (tertiary/aromatic N) is 1. The Morgan fingerprint density at radius 1 is 0.839 bits per heavy atom. The van der Waals surface area contributed by atoms with Gasteiger partial charge in [-0.3, -0.25) is 14.5 Å². The number of carbonyl (C=O) groups excluding carboxylic acids is 2. The number of fused-ring (bicyclic) bond motifs is 7. The molecule has 62 heavy (non-hydrogen) atoms. The number of rotatable bonds is 10. The Kier molecular flexibility index (Phi) is 12.3. The highest BCUT2D eigenvalue weighted by Gasteiger charge is 2.71. The Bertz CT molecular complexity index is 1880. The number of amides is 1. The van der Waals surface area contributed by atoms with Crippen LogP contribution in [0.5, 0.6) is 0 Å². The fourth-order valence-corrected chi connectivity index (χ4v) is 17.4. The molecule has 7 fully saturated rings. The molecule has 0 aromatic heterocycles. The minimum absolute atomic E-state index is 0.0761. The first-order chi connectivity index (χ1) is 28.5. The number of carboxylic acid groups (broad SMARTS) is 1. The number of esters is 1. The highest BCUT2D eigenvalue weighted by molar-refractivity contribution is 7.91. The van der Waals surface area contributed by atoms with Gasteiger partial charge in [0.05, 0.1) is 23.3 Å². The Labute approximate surface area is 374 Å². The van der Waals surface area contributed by atoms with Crippen molar-refractivity contribution >= 4 is 27.9 Å². The highest BCUT2D eigenvalue weighted by Crippen LogP contribution is 2.76. The van der Waals surface area contributed by atoms with Crippen molar-refractivity contribution in [2.24, 2.45) is 68.5 Å². The van der Waals surface area contributed by atoms with Gasteiger partial charge in [0, 0.05) is 42.7 Å². The predicted octanol–water partition coefficient (Wildman–Crippen LogP) is 8.66. The lowest BCUT2D eigenvalue weighted by atomic mass is 9.32. The quantitative estimate of drug-likeness (QED) is 0.144.